The van der Waals surface area contributed by atoms with Crippen LogP contribution in [0.2, 0.25) is 5.02 Å². The van der Waals surface area contributed by atoms with Gasteiger partial charge in [0.1, 0.15) is 5.02 Å². The number of benzene rings is 1. The second-order valence-corrected chi connectivity index (χ2v) is 6.95. The van der Waals surface area contributed by atoms with Gasteiger partial charge in [-0.15, -0.1) is 11.8 Å². The lowest BCUT2D eigenvalue weighted by atomic mass is 10.2. The van der Waals surface area contributed by atoms with Crippen molar-refractivity contribution in [1.29, 1.82) is 0 Å². The molecule has 0 saturated heterocycles. The average molecular weight is 427 g/mol. The fraction of sp³-hybridized carbons (Fsp3) is 0.167. The monoisotopic (exact) mass is 426 g/mol. The molecule has 2 heterocycles. The number of rotatable bonds is 5. The van der Waals surface area contributed by atoms with Crippen LogP contribution in [0.25, 0.3) is 5.82 Å². The zero-order chi connectivity index (χ0) is 20.3. The molecule has 0 aliphatic heterocycles. The third kappa shape index (κ3) is 4.48. The molecule has 0 atom stereocenters. The highest BCUT2D eigenvalue weighted by atomic mass is 35.5. The summed E-state index contributed by atoms with van der Waals surface area (Å²) in [6.45, 7) is 0.429. The molecular weight excluding hydrogens is 413 g/mol. The van der Waals surface area contributed by atoms with Crippen molar-refractivity contribution in [2.45, 2.75) is 17.6 Å². The number of alkyl halides is 3. The van der Waals surface area contributed by atoms with Gasteiger partial charge in [-0.1, -0.05) is 23.7 Å². The van der Waals surface area contributed by atoms with E-state index in [9.17, 15) is 18.0 Å². The molecule has 28 heavy (non-hydrogen) atoms. The van der Waals surface area contributed by atoms with Gasteiger partial charge in [-0.25, -0.2) is 4.98 Å². The molecule has 0 spiro atoms. The minimum Gasteiger partial charge on any atom is -0.378 e. The molecule has 0 aliphatic rings. The zero-order valence-corrected chi connectivity index (χ0v) is 16.1. The van der Waals surface area contributed by atoms with Crippen LogP contribution in [0.15, 0.2) is 58.5 Å². The van der Waals surface area contributed by atoms with E-state index in [1.165, 1.54) is 6.20 Å². The third-order valence-corrected chi connectivity index (χ3v) is 4.96. The Kier molecular flexibility index (Phi) is 5.95. The molecule has 0 amide bonds. The molecule has 2 aromatic heterocycles. The van der Waals surface area contributed by atoms with E-state index < -0.39 is 17.3 Å². The number of nitrogens with one attached hydrogen (secondary N) is 1. The van der Waals surface area contributed by atoms with Gasteiger partial charge in [-0.3, -0.25) is 4.79 Å². The number of thioether (sulfide) groups is 1. The van der Waals surface area contributed by atoms with Gasteiger partial charge >= 0.3 is 6.18 Å². The maximum atomic E-state index is 12.6. The number of halogens is 4. The van der Waals surface area contributed by atoms with Crippen molar-refractivity contribution in [1.82, 2.24) is 14.8 Å². The van der Waals surface area contributed by atoms with Gasteiger partial charge in [0.15, 0.2) is 5.82 Å². The van der Waals surface area contributed by atoms with Crippen LogP contribution in [0.4, 0.5) is 18.9 Å². The molecule has 1 N–H and O–H groups in total. The number of anilines is 1. The summed E-state index contributed by atoms with van der Waals surface area (Å²) < 4.78 is 38.7. The SMILES string of the molecule is CSc1ccc(CNc2cnn(-c3ccc(C(F)(F)F)cn3)c(=O)c2Cl)cc1. The Hall–Kier alpha value is -2.52. The molecule has 0 aliphatic carbocycles. The van der Waals surface area contributed by atoms with Crippen LogP contribution in [0.3, 0.4) is 0 Å². The standard InChI is InChI=1S/C18H14ClF3N4OS/c1-28-13-5-2-11(3-6-13)8-23-14-10-25-26(17(27)16(14)19)15-7-4-12(9-24-15)18(20,21)22/h2-7,9-10,23H,8H2,1H3. The number of aromatic nitrogens is 3. The Bertz CT molecular complexity index is 1020. The molecule has 0 unspecified atom stereocenters. The Morgan fingerprint density at radius 1 is 1.14 bits per heavy atom. The van der Waals surface area contributed by atoms with Crippen molar-refractivity contribution in [3.63, 3.8) is 0 Å². The number of hydrogen-bond acceptors (Lipinski definition) is 5. The van der Waals surface area contributed by atoms with Crippen LogP contribution in [-0.2, 0) is 12.7 Å². The Morgan fingerprint density at radius 3 is 2.43 bits per heavy atom. The fourth-order valence-electron chi connectivity index (χ4n) is 2.34. The van der Waals surface area contributed by atoms with Crippen molar-refractivity contribution in [3.8, 4) is 5.82 Å². The van der Waals surface area contributed by atoms with E-state index >= 15 is 0 Å². The summed E-state index contributed by atoms with van der Waals surface area (Å²) in [6.07, 6.45) is -0.552. The molecule has 146 valence electrons. The molecule has 0 saturated carbocycles. The summed E-state index contributed by atoms with van der Waals surface area (Å²) in [5, 5.41) is 6.86. The van der Waals surface area contributed by atoms with E-state index in [2.05, 4.69) is 15.4 Å². The predicted molar refractivity (Wildman–Crippen MR) is 103 cm³/mol. The van der Waals surface area contributed by atoms with E-state index in [1.54, 1.807) is 11.8 Å². The van der Waals surface area contributed by atoms with E-state index in [0.29, 0.717) is 18.4 Å². The third-order valence-electron chi connectivity index (χ3n) is 3.85. The lowest BCUT2D eigenvalue weighted by Crippen LogP contribution is -2.23. The molecule has 0 bridgehead atoms. The summed E-state index contributed by atoms with van der Waals surface area (Å²) in [5.41, 5.74) is -0.288. The van der Waals surface area contributed by atoms with Gasteiger partial charge in [-0.2, -0.15) is 23.0 Å². The molecule has 1 aromatic carbocycles. The van der Waals surface area contributed by atoms with Gasteiger partial charge in [0, 0.05) is 17.6 Å². The van der Waals surface area contributed by atoms with E-state index in [1.807, 2.05) is 30.5 Å². The van der Waals surface area contributed by atoms with Crippen molar-refractivity contribution in [2.24, 2.45) is 0 Å². The maximum absolute atomic E-state index is 12.6. The second kappa shape index (κ2) is 8.24. The van der Waals surface area contributed by atoms with Crippen molar-refractivity contribution >= 4 is 29.1 Å². The van der Waals surface area contributed by atoms with Crippen molar-refractivity contribution < 1.29 is 13.2 Å². The first-order valence-electron chi connectivity index (χ1n) is 7.98. The Balaban J connectivity index is 1.79. The van der Waals surface area contributed by atoms with E-state index in [0.717, 1.165) is 27.3 Å². The highest BCUT2D eigenvalue weighted by Gasteiger charge is 2.30. The highest BCUT2D eigenvalue weighted by Crippen LogP contribution is 2.28. The number of pyridine rings is 1. The molecule has 3 aromatic rings. The second-order valence-electron chi connectivity index (χ2n) is 5.69. The summed E-state index contributed by atoms with van der Waals surface area (Å²) in [4.78, 5) is 17.2. The topological polar surface area (TPSA) is 59.8 Å². The van der Waals surface area contributed by atoms with Crippen LogP contribution in [0.1, 0.15) is 11.1 Å². The lowest BCUT2D eigenvalue weighted by molar-refractivity contribution is -0.137. The van der Waals surface area contributed by atoms with Crippen LogP contribution in [0, 0.1) is 0 Å². The van der Waals surface area contributed by atoms with Crippen LogP contribution < -0.4 is 10.9 Å². The summed E-state index contributed by atoms with van der Waals surface area (Å²) in [6, 6.07) is 9.76. The first-order valence-corrected chi connectivity index (χ1v) is 9.58. The minimum atomic E-state index is -4.51. The van der Waals surface area contributed by atoms with Gasteiger partial charge in [0.05, 0.1) is 17.4 Å². The fourth-order valence-corrected chi connectivity index (χ4v) is 2.94. The predicted octanol–water partition coefficient (Wildman–Crippen LogP) is 4.63. The first-order chi connectivity index (χ1) is 13.3. The molecule has 0 fully saturated rings. The molecule has 0 radical (unpaired) electrons. The smallest absolute Gasteiger partial charge is 0.378 e. The molecule has 3 rings (SSSR count). The largest absolute Gasteiger partial charge is 0.417 e. The summed E-state index contributed by atoms with van der Waals surface area (Å²) in [5.74, 6) is -0.0564. The molecular formula is C18H14ClF3N4OS. The van der Waals surface area contributed by atoms with Crippen molar-refractivity contribution in [2.75, 3.05) is 11.6 Å². The first kappa shape index (κ1) is 20.2. The maximum Gasteiger partial charge on any atom is 0.417 e. The van der Waals surface area contributed by atoms with Crippen LogP contribution in [0.5, 0.6) is 0 Å². The quantitative estimate of drug-likeness (QED) is 0.602. The van der Waals surface area contributed by atoms with Crippen LogP contribution >= 0.6 is 23.4 Å². The Morgan fingerprint density at radius 2 is 1.86 bits per heavy atom. The minimum absolute atomic E-state index is 0.0564. The summed E-state index contributed by atoms with van der Waals surface area (Å²) in [7, 11) is 0. The average Bonchev–Trinajstić information content (AvgIpc) is 2.69. The molecule has 10 heteroatoms. The zero-order valence-electron chi connectivity index (χ0n) is 14.5. The number of hydrogen-bond donors (Lipinski definition) is 1. The highest BCUT2D eigenvalue weighted by molar-refractivity contribution is 7.98. The van der Waals surface area contributed by atoms with Gasteiger partial charge in [0.2, 0.25) is 0 Å². The van der Waals surface area contributed by atoms with Crippen LogP contribution in [-0.4, -0.2) is 21.0 Å². The van der Waals surface area contributed by atoms with E-state index in [4.69, 9.17) is 11.6 Å². The van der Waals surface area contributed by atoms with Gasteiger partial charge in [-0.05, 0) is 36.1 Å². The van der Waals surface area contributed by atoms with E-state index in [-0.39, 0.29) is 10.8 Å². The normalized spacial score (nSPS) is 11.5. The Labute approximate surface area is 167 Å². The van der Waals surface area contributed by atoms with Crippen molar-refractivity contribution in [3.05, 3.63) is 75.3 Å². The van der Waals surface area contributed by atoms with Gasteiger partial charge < -0.3 is 5.32 Å². The number of nitrogens with zero attached hydrogens (tertiary/aromatic N) is 3. The lowest BCUT2D eigenvalue weighted by Gasteiger charge is -2.11. The molecule has 5 nitrogen and oxygen atoms in total. The summed E-state index contributed by atoms with van der Waals surface area (Å²) >= 11 is 7.75. The van der Waals surface area contributed by atoms with Gasteiger partial charge in [0.25, 0.3) is 5.56 Å².